The second-order valence-corrected chi connectivity index (χ2v) is 7.79. The van der Waals surface area contributed by atoms with Crippen molar-refractivity contribution in [2.24, 2.45) is 5.73 Å². The number of hydrogen-bond acceptors (Lipinski definition) is 3. The maximum absolute atomic E-state index is 12.4. The van der Waals surface area contributed by atoms with Gasteiger partial charge in [0.2, 0.25) is 0 Å². The van der Waals surface area contributed by atoms with Crippen molar-refractivity contribution in [3.63, 3.8) is 0 Å². The van der Waals surface area contributed by atoms with Gasteiger partial charge in [-0.05, 0) is 59.7 Å². The van der Waals surface area contributed by atoms with Crippen LogP contribution in [0.15, 0.2) is 77.7 Å². The third-order valence-electron chi connectivity index (χ3n) is 4.11. The van der Waals surface area contributed by atoms with Crippen LogP contribution < -0.4 is 16.4 Å². The minimum atomic E-state index is -0.610. The molecule has 3 aromatic carbocycles. The number of rotatable bonds is 7. The van der Waals surface area contributed by atoms with E-state index in [1.807, 2.05) is 60.7 Å². The van der Waals surface area contributed by atoms with E-state index in [1.54, 1.807) is 23.9 Å². The summed E-state index contributed by atoms with van der Waals surface area (Å²) < 4.78 is 0. The summed E-state index contributed by atoms with van der Waals surface area (Å²) in [5.74, 6) is 0.677. The molecular weight excluding hydrogens is 406 g/mol. The first kappa shape index (κ1) is 20.8. The molecule has 0 spiro atoms. The zero-order chi connectivity index (χ0) is 20.6. The molecular formula is C22H20ClN3O2S. The molecule has 0 atom stereocenters. The average Bonchev–Trinajstić information content (AvgIpc) is 2.72. The van der Waals surface area contributed by atoms with E-state index in [4.69, 9.17) is 17.3 Å². The molecule has 5 nitrogen and oxygen atoms in total. The SMILES string of the molecule is NC(=O)Nc1ccc(CNC(=O)c2ccc(CSc3ccc(Cl)cc3)cc2)cc1. The number of carbonyl (C=O) groups is 2. The first-order valence-electron chi connectivity index (χ1n) is 8.90. The lowest BCUT2D eigenvalue weighted by Gasteiger charge is -2.08. The number of urea groups is 1. The smallest absolute Gasteiger partial charge is 0.316 e. The molecule has 148 valence electrons. The summed E-state index contributed by atoms with van der Waals surface area (Å²) in [6.07, 6.45) is 0. The van der Waals surface area contributed by atoms with Gasteiger partial charge in [-0.3, -0.25) is 4.79 Å². The predicted octanol–water partition coefficient (Wildman–Crippen LogP) is 5.05. The minimum absolute atomic E-state index is 0.138. The van der Waals surface area contributed by atoms with E-state index in [-0.39, 0.29) is 5.91 Å². The summed E-state index contributed by atoms with van der Waals surface area (Å²) in [6.45, 7) is 0.393. The Morgan fingerprint density at radius 1 is 0.862 bits per heavy atom. The van der Waals surface area contributed by atoms with Gasteiger partial charge in [-0.2, -0.15) is 0 Å². The highest BCUT2D eigenvalue weighted by Gasteiger charge is 2.06. The van der Waals surface area contributed by atoms with Crippen LogP contribution in [0.4, 0.5) is 10.5 Å². The molecule has 0 aliphatic rings. The normalized spacial score (nSPS) is 10.4. The Labute approximate surface area is 178 Å². The zero-order valence-corrected chi connectivity index (χ0v) is 17.1. The van der Waals surface area contributed by atoms with Crippen LogP contribution in [0, 0.1) is 0 Å². The first-order valence-corrected chi connectivity index (χ1v) is 10.3. The summed E-state index contributed by atoms with van der Waals surface area (Å²) in [5, 5.41) is 6.11. The average molecular weight is 426 g/mol. The molecule has 0 fully saturated rings. The maximum atomic E-state index is 12.4. The molecule has 0 saturated carbocycles. The van der Waals surface area contributed by atoms with Gasteiger partial charge in [-0.1, -0.05) is 35.9 Å². The quantitative estimate of drug-likeness (QED) is 0.463. The molecule has 7 heteroatoms. The van der Waals surface area contributed by atoms with Crippen LogP contribution in [0.1, 0.15) is 21.5 Å². The predicted molar refractivity (Wildman–Crippen MR) is 118 cm³/mol. The van der Waals surface area contributed by atoms with Crippen LogP contribution in [-0.4, -0.2) is 11.9 Å². The lowest BCUT2D eigenvalue weighted by atomic mass is 10.1. The number of nitrogens with two attached hydrogens (primary N) is 1. The third kappa shape index (κ3) is 6.55. The number of halogens is 1. The van der Waals surface area contributed by atoms with Crippen molar-refractivity contribution < 1.29 is 9.59 Å². The Balaban J connectivity index is 1.49. The lowest BCUT2D eigenvalue weighted by Crippen LogP contribution is -2.22. The molecule has 0 unspecified atom stereocenters. The number of hydrogen-bond donors (Lipinski definition) is 3. The Hall–Kier alpha value is -2.96. The molecule has 0 heterocycles. The van der Waals surface area contributed by atoms with Crippen LogP contribution in [-0.2, 0) is 12.3 Å². The Morgan fingerprint density at radius 3 is 2.10 bits per heavy atom. The van der Waals surface area contributed by atoms with Gasteiger partial charge in [0.1, 0.15) is 0 Å². The lowest BCUT2D eigenvalue weighted by molar-refractivity contribution is 0.0951. The number of anilines is 1. The highest BCUT2D eigenvalue weighted by Crippen LogP contribution is 2.24. The van der Waals surface area contributed by atoms with E-state index in [1.165, 1.54) is 0 Å². The summed E-state index contributed by atoms with van der Waals surface area (Å²) >= 11 is 7.61. The van der Waals surface area contributed by atoms with Crippen molar-refractivity contribution in [3.8, 4) is 0 Å². The summed E-state index contributed by atoms with van der Waals surface area (Å²) in [4.78, 5) is 24.3. The van der Waals surface area contributed by atoms with Gasteiger partial charge >= 0.3 is 6.03 Å². The van der Waals surface area contributed by atoms with Crippen molar-refractivity contribution >= 4 is 41.0 Å². The van der Waals surface area contributed by atoms with Crippen LogP contribution >= 0.6 is 23.4 Å². The summed E-state index contributed by atoms with van der Waals surface area (Å²) in [5.41, 5.74) is 8.35. The molecule has 0 saturated heterocycles. The molecule has 3 aromatic rings. The molecule has 29 heavy (non-hydrogen) atoms. The van der Waals surface area contributed by atoms with Gasteiger partial charge in [-0.15, -0.1) is 11.8 Å². The summed E-state index contributed by atoms with van der Waals surface area (Å²) in [6, 6.07) is 21.8. The number of thioether (sulfide) groups is 1. The molecule has 0 aliphatic heterocycles. The van der Waals surface area contributed by atoms with Gasteiger partial charge in [0.15, 0.2) is 0 Å². The summed E-state index contributed by atoms with van der Waals surface area (Å²) in [7, 11) is 0. The monoisotopic (exact) mass is 425 g/mol. The van der Waals surface area contributed by atoms with Crippen molar-refractivity contribution in [1.29, 1.82) is 0 Å². The molecule has 0 bridgehead atoms. The van der Waals surface area contributed by atoms with Crippen molar-refractivity contribution in [3.05, 3.63) is 94.5 Å². The van der Waals surface area contributed by atoms with E-state index < -0.39 is 6.03 Å². The van der Waals surface area contributed by atoms with Crippen molar-refractivity contribution in [2.45, 2.75) is 17.2 Å². The van der Waals surface area contributed by atoms with E-state index in [0.29, 0.717) is 17.8 Å². The topological polar surface area (TPSA) is 84.2 Å². The molecule has 3 amide bonds. The van der Waals surface area contributed by atoms with Gasteiger partial charge in [-0.25, -0.2) is 4.79 Å². The van der Waals surface area contributed by atoms with E-state index in [9.17, 15) is 9.59 Å². The number of benzene rings is 3. The third-order valence-corrected chi connectivity index (χ3v) is 5.44. The molecule has 0 radical (unpaired) electrons. The fraction of sp³-hybridized carbons (Fsp3) is 0.0909. The first-order chi connectivity index (χ1) is 14.0. The Bertz CT molecular complexity index is 974. The second kappa shape index (κ2) is 10.0. The second-order valence-electron chi connectivity index (χ2n) is 6.31. The van der Waals surface area contributed by atoms with Gasteiger partial charge in [0, 0.05) is 33.5 Å². The Morgan fingerprint density at radius 2 is 1.48 bits per heavy atom. The van der Waals surface area contributed by atoms with Crippen molar-refractivity contribution in [1.82, 2.24) is 5.32 Å². The standard InChI is InChI=1S/C22H20ClN3O2S/c23-18-7-11-20(12-8-18)29-14-16-1-5-17(6-2-16)21(27)25-13-15-3-9-19(10-4-15)26-22(24)28/h1-12H,13-14H2,(H,25,27)(H3,24,26,28). The highest BCUT2D eigenvalue weighted by molar-refractivity contribution is 7.98. The largest absolute Gasteiger partial charge is 0.351 e. The van der Waals surface area contributed by atoms with Crippen molar-refractivity contribution in [2.75, 3.05) is 5.32 Å². The maximum Gasteiger partial charge on any atom is 0.316 e. The molecule has 0 aromatic heterocycles. The minimum Gasteiger partial charge on any atom is -0.351 e. The van der Waals surface area contributed by atoms with Crippen LogP contribution in [0.3, 0.4) is 0 Å². The molecule has 0 aliphatic carbocycles. The zero-order valence-electron chi connectivity index (χ0n) is 15.5. The number of nitrogens with one attached hydrogen (secondary N) is 2. The van der Waals surface area contributed by atoms with Gasteiger partial charge in [0.25, 0.3) is 5.91 Å². The van der Waals surface area contributed by atoms with Gasteiger partial charge < -0.3 is 16.4 Å². The number of amides is 3. The van der Waals surface area contributed by atoms with Crippen LogP contribution in [0.2, 0.25) is 5.02 Å². The fourth-order valence-electron chi connectivity index (χ4n) is 2.58. The van der Waals surface area contributed by atoms with Crippen LogP contribution in [0.25, 0.3) is 0 Å². The fourth-order valence-corrected chi connectivity index (χ4v) is 3.56. The van der Waals surface area contributed by atoms with Gasteiger partial charge in [0.05, 0.1) is 0 Å². The highest BCUT2D eigenvalue weighted by atomic mass is 35.5. The molecule has 3 rings (SSSR count). The van der Waals surface area contributed by atoms with E-state index in [0.717, 1.165) is 26.8 Å². The van der Waals surface area contributed by atoms with E-state index in [2.05, 4.69) is 10.6 Å². The number of primary amides is 1. The number of carbonyl (C=O) groups excluding carboxylic acids is 2. The Kier molecular flexibility index (Phi) is 7.16. The van der Waals surface area contributed by atoms with E-state index >= 15 is 0 Å². The van der Waals surface area contributed by atoms with Crippen LogP contribution in [0.5, 0.6) is 0 Å². The molecule has 4 N–H and O–H groups in total.